The smallest absolute Gasteiger partial charge is 0.414 e. The summed E-state index contributed by atoms with van der Waals surface area (Å²) in [7, 11) is 0. The summed E-state index contributed by atoms with van der Waals surface area (Å²) >= 11 is 16.7. The predicted octanol–water partition coefficient (Wildman–Crippen LogP) is 3.98. The van der Waals surface area contributed by atoms with E-state index in [2.05, 4.69) is 0 Å². The average Bonchev–Trinajstić information content (AvgIpc) is 2.34. The molecule has 124 valence electrons. The van der Waals surface area contributed by atoms with Crippen LogP contribution in [0.3, 0.4) is 0 Å². The second-order valence-electron chi connectivity index (χ2n) is 5.04. The Morgan fingerprint density at radius 2 is 2.00 bits per heavy atom. The molecule has 8 heteroatoms. The van der Waals surface area contributed by atoms with E-state index in [1.807, 2.05) is 0 Å². The zero-order valence-electron chi connectivity index (χ0n) is 12.5. The Kier molecular flexibility index (Phi) is 7.03. The highest BCUT2D eigenvalue weighted by molar-refractivity contribution is 6.67. The maximum atomic E-state index is 12.2. The first-order valence-electron chi connectivity index (χ1n) is 6.67. The molecule has 0 fully saturated rings. The number of halogens is 3. The van der Waals surface area contributed by atoms with Crippen molar-refractivity contribution in [3.05, 3.63) is 23.9 Å². The van der Waals surface area contributed by atoms with Crippen molar-refractivity contribution in [1.82, 2.24) is 4.90 Å². The average molecular weight is 371 g/mol. The SMILES string of the molecule is CC1=CC=C[C@@H](CC(=O)OC(C)C)N1C(=O)OCC(Cl)(Cl)Cl. The summed E-state index contributed by atoms with van der Waals surface area (Å²) in [6.07, 6.45) is 4.31. The molecular weight excluding hydrogens is 353 g/mol. The standard InChI is InChI=1S/C14H18Cl3NO4/c1-9(2)22-12(19)7-11-6-4-5-10(3)18(11)13(20)21-8-14(15,16)17/h4-6,9,11H,7-8H2,1-3H3/t11-/m0/s1. The van der Waals surface area contributed by atoms with Gasteiger partial charge in [0.2, 0.25) is 3.79 Å². The first kappa shape index (κ1) is 19.1. The summed E-state index contributed by atoms with van der Waals surface area (Å²) in [5, 5.41) is 0. The van der Waals surface area contributed by atoms with Gasteiger partial charge in [-0.05, 0) is 26.8 Å². The Labute approximate surface area is 144 Å². The van der Waals surface area contributed by atoms with E-state index in [4.69, 9.17) is 44.3 Å². The molecule has 0 radical (unpaired) electrons. The molecule has 1 aliphatic heterocycles. The van der Waals surface area contributed by atoms with Crippen molar-refractivity contribution >= 4 is 46.9 Å². The number of alkyl halides is 3. The third-order valence-corrected chi connectivity index (χ3v) is 3.01. The first-order valence-corrected chi connectivity index (χ1v) is 7.81. The van der Waals surface area contributed by atoms with Crippen LogP contribution in [-0.2, 0) is 14.3 Å². The largest absolute Gasteiger partial charge is 0.463 e. The fourth-order valence-electron chi connectivity index (χ4n) is 1.88. The van der Waals surface area contributed by atoms with Crippen LogP contribution in [0.25, 0.3) is 0 Å². The summed E-state index contributed by atoms with van der Waals surface area (Å²) < 4.78 is 8.38. The van der Waals surface area contributed by atoms with Crippen molar-refractivity contribution in [3.8, 4) is 0 Å². The minimum absolute atomic E-state index is 0.0166. The molecule has 0 saturated carbocycles. The zero-order valence-corrected chi connectivity index (χ0v) is 14.8. The highest BCUT2D eigenvalue weighted by Gasteiger charge is 2.31. The van der Waals surface area contributed by atoms with Crippen molar-refractivity contribution in [2.45, 2.75) is 43.1 Å². The second-order valence-corrected chi connectivity index (χ2v) is 7.56. The highest BCUT2D eigenvalue weighted by atomic mass is 35.6. The number of hydrogen-bond donors (Lipinski definition) is 0. The topological polar surface area (TPSA) is 55.8 Å². The Hall–Kier alpha value is -0.910. The van der Waals surface area contributed by atoms with Crippen LogP contribution in [0.4, 0.5) is 4.79 Å². The molecule has 0 spiro atoms. The number of esters is 1. The van der Waals surface area contributed by atoms with Gasteiger partial charge in [0.05, 0.1) is 18.6 Å². The van der Waals surface area contributed by atoms with Crippen LogP contribution >= 0.6 is 34.8 Å². The molecule has 0 unspecified atom stereocenters. The normalized spacial score (nSPS) is 18.2. The van der Waals surface area contributed by atoms with Gasteiger partial charge in [-0.25, -0.2) is 4.79 Å². The number of rotatable bonds is 4. The Bertz CT molecular complexity index is 483. The van der Waals surface area contributed by atoms with Gasteiger partial charge in [-0.2, -0.15) is 0 Å². The number of hydrogen-bond acceptors (Lipinski definition) is 4. The Balaban J connectivity index is 2.74. The monoisotopic (exact) mass is 369 g/mol. The van der Waals surface area contributed by atoms with E-state index in [-0.39, 0.29) is 19.1 Å². The molecule has 1 rings (SSSR count). The molecule has 0 aromatic rings. The Morgan fingerprint density at radius 1 is 1.36 bits per heavy atom. The van der Waals surface area contributed by atoms with Crippen molar-refractivity contribution in [2.75, 3.05) is 6.61 Å². The highest BCUT2D eigenvalue weighted by Crippen LogP contribution is 2.27. The van der Waals surface area contributed by atoms with Crippen LogP contribution in [0, 0.1) is 0 Å². The van der Waals surface area contributed by atoms with E-state index in [9.17, 15) is 9.59 Å². The van der Waals surface area contributed by atoms with Gasteiger partial charge in [-0.1, -0.05) is 47.0 Å². The molecule has 1 heterocycles. The Morgan fingerprint density at radius 3 is 2.55 bits per heavy atom. The maximum Gasteiger partial charge on any atom is 0.414 e. The van der Waals surface area contributed by atoms with Crippen LogP contribution in [0.2, 0.25) is 0 Å². The third kappa shape index (κ3) is 6.46. The molecule has 1 aliphatic rings. The van der Waals surface area contributed by atoms with Crippen LogP contribution in [-0.4, -0.2) is 39.5 Å². The summed E-state index contributed by atoms with van der Waals surface area (Å²) in [4.78, 5) is 25.3. The van der Waals surface area contributed by atoms with Crippen molar-refractivity contribution in [1.29, 1.82) is 0 Å². The summed E-state index contributed by atoms with van der Waals surface area (Å²) in [5.41, 5.74) is 0.624. The van der Waals surface area contributed by atoms with E-state index in [1.54, 1.807) is 39.0 Å². The van der Waals surface area contributed by atoms with Crippen LogP contribution in [0.5, 0.6) is 0 Å². The number of nitrogens with zero attached hydrogens (tertiary/aromatic N) is 1. The number of amides is 1. The van der Waals surface area contributed by atoms with Gasteiger partial charge in [0.1, 0.15) is 6.61 Å². The van der Waals surface area contributed by atoms with E-state index in [0.717, 1.165) is 0 Å². The molecule has 0 aliphatic carbocycles. The van der Waals surface area contributed by atoms with Gasteiger partial charge in [0.25, 0.3) is 0 Å². The molecule has 0 saturated heterocycles. The summed E-state index contributed by atoms with van der Waals surface area (Å²) in [6, 6.07) is -0.501. The van der Waals surface area contributed by atoms with E-state index in [0.29, 0.717) is 5.70 Å². The molecule has 0 aromatic heterocycles. The quantitative estimate of drug-likeness (QED) is 0.555. The molecule has 5 nitrogen and oxygen atoms in total. The van der Waals surface area contributed by atoms with E-state index < -0.39 is 21.9 Å². The van der Waals surface area contributed by atoms with Crippen LogP contribution in [0.1, 0.15) is 27.2 Å². The minimum atomic E-state index is -1.69. The lowest BCUT2D eigenvalue weighted by atomic mass is 10.1. The van der Waals surface area contributed by atoms with Crippen molar-refractivity contribution < 1.29 is 19.1 Å². The summed E-state index contributed by atoms with van der Waals surface area (Å²) in [5.74, 6) is -0.404. The fourth-order valence-corrected chi connectivity index (χ4v) is 2.05. The molecule has 22 heavy (non-hydrogen) atoms. The lowest BCUT2D eigenvalue weighted by Gasteiger charge is -2.31. The molecular formula is C14H18Cl3NO4. The van der Waals surface area contributed by atoms with Crippen molar-refractivity contribution in [2.24, 2.45) is 0 Å². The van der Waals surface area contributed by atoms with E-state index in [1.165, 1.54) is 4.90 Å². The molecule has 0 N–H and O–H groups in total. The van der Waals surface area contributed by atoms with Crippen LogP contribution < -0.4 is 0 Å². The van der Waals surface area contributed by atoms with Gasteiger partial charge in [0.15, 0.2) is 0 Å². The van der Waals surface area contributed by atoms with Crippen LogP contribution in [0.15, 0.2) is 23.9 Å². The molecule has 0 bridgehead atoms. The molecule has 1 atom stereocenters. The lowest BCUT2D eigenvalue weighted by Crippen LogP contribution is -2.42. The number of allylic oxidation sites excluding steroid dienone is 3. The van der Waals surface area contributed by atoms with Gasteiger partial charge in [-0.3, -0.25) is 9.69 Å². The number of carbonyl (C=O) groups excluding carboxylic acids is 2. The lowest BCUT2D eigenvalue weighted by molar-refractivity contribution is -0.148. The third-order valence-electron chi connectivity index (χ3n) is 2.68. The summed E-state index contributed by atoms with van der Waals surface area (Å²) in [6.45, 7) is 4.85. The molecule has 0 aromatic carbocycles. The zero-order chi connectivity index (χ0) is 16.9. The van der Waals surface area contributed by atoms with Gasteiger partial charge in [-0.15, -0.1) is 0 Å². The van der Waals surface area contributed by atoms with Gasteiger partial charge < -0.3 is 9.47 Å². The van der Waals surface area contributed by atoms with Gasteiger partial charge >= 0.3 is 12.1 Å². The maximum absolute atomic E-state index is 12.2. The number of carbonyl (C=O) groups is 2. The minimum Gasteiger partial charge on any atom is -0.463 e. The molecule has 1 amide bonds. The van der Waals surface area contributed by atoms with Crippen molar-refractivity contribution in [3.63, 3.8) is 0 Å². The fraction of sp³-hybridized carbons (Fsp3) is 0.571. The first-order chi connectivity index (χ1) is 10.1. The predicted molar refractivity (Wildman–Crippen MR) is 86.0 cm³/mol. The van der Waals surface area contributed by atoms with Gasteiger partial charge in [0, 0.05) is 5.70 Å². The second kappa shape index (κ2) is 8.09. The number of ether oxygens (including phenoxy) is 2. The van der Waals surface area contributed by atoms with E-state index >= 15 is 0 Å².